The maximum atomic E-state index is 11.9. The Bertz CT molecular complexity index is 834. The van der Waals surface area contributed by atoms with Gasteiger partial charge in [0, 0.05) is 6.20 Å². The molecule has 0 aliphatic heterocycles. The van der Waals surface area contributed by atoms with Crippen LogP contribution >= 0.6 is 0 Å². The molecule has 0 unspecified atom stereocenters. The van der Waals surface area contributed by atoms with Crippen molar-refractivity contribution in [2.75, 3.05) is 0 Å². The Morgan fingerprint density at radius 3 is 2.84 bits per heavy atom. The van der Waals surface area contributed by atoms with Gasteiger partial charge in [-0.15, -0.1) is 0 Å². The molecule has 2 N–H and O–H groups in total. The second-order valence-corrected chi connectivity index (χ2v) is 3.88. The minimum Gasteiger partial charge on any atom is -0.476 e. The summed E-state index contributed by atoms with van der Waals surface area (Å²) in [6.07, 6.45) is 2.58. The van der Waals surface area contributed by atoms with Gasteiger partial charge in [0.15, 0.2) is 5.69 Å². The molecule has 0 aliphatic rings. The predicted octanol–water partition coefficient (Wildman–Crippen LogP) is 0.807. The Balaban J connectivity index is 2.19. The lowest BCUT2D eigenvalue weighted by Crippen LogP contribution is -2.12. The Morgan fingerprint density at radius 1 is 1.32 bits per heavy atom. The average Bonchev–Trinajstić information content (AvgIpc) is 2.88. The van der Waals surface area contributed by atoms with Crippen LogP contribution in [0.1, 0.15) is 10.5 Å². The van der Waals surface area contributed by atoms with Crippen molar-refractivity contribution in [2.24, 2.45) is 0 Å². The van der Waals surface area contributed by atoms with E-state index in [1.54, 1.807) is 24.3 Å². The Hall–Kier alpha value is -2.96. The molecule has 0 spiro atoms. The van der Waals surface area contributed by atoms with Gasteiger partial charge in [-0.1, -0.05) is 12.1 Å². The third-order valence-corrected chi connectivity index (χ3v) is 2.65. The number of para-hydroxylation sites is 1. The van der Waals surface area contributed by atoms with E-state index in [-0.39, 0.29) is 17.2 Å². The van der Waals surface area contributed by atoms with Crippen molar-refractivity contribution in [1.29, 1.82) is 0 Å². The molecule has 2 heterocycles. The van der Waals surface area contributed by atoms with Crippen molar-refractivity contribution in [3.63, 3.8) is 0 Å². The van der Waals surface area contributed by atoms with E-state index in [2.05, 4.69) is 15.0 Å². The lowest BCUT2D eigenvalue weighted by Gasteiger charge is -2.02. The number of rotatable bonds is 2. The summed E-state index contributed by atoms with van der Waals surface area (Å²) in [7, 11) is 0. The van der Waals surface area contributed by atoms with E-state index in [1.807, 2.05) is 0 Å². The Labute approximate surface area is 106 Å². The predicted molar refractivity (Wildman–Crippen MR) is 66.4 cm³/mol. The van der Waals surface area contributed by atoms with Crippen molar-refractivity contribution in [1.82, 2.24) is 19.5 Å². The second kappa shape index (κ2) is 4.05. The van der Waals surface area contributed by atoms with Crippen molar-refractivity contribution < 1.29 is 9.90 Å². The zero-order valence-electron chi connectivity index (χ0n) is 9.57. The van der Waals surface area contributed by atoms with Gasteiger partial charge in [-0.3, -0.25) is 14.3 Å². The number of fused-ring (bicyclic) bond motifs is 1. The van der Waals surface area contributed by atoms with Gasteiger partial charge < -0.3 is 5.11 Å². The van der Waals surface area contributed by atoms with Crippen LogP contribution in [0.2, 0.25) is 0 Å². The van der Waals surface area contributed by atoms with E-state index < -0.39 is 5.97 Å². The van der Waals surface area contributed by atoms with Crippen molar-refractivity contribution in [3.05, 3.63) is 52.8 Å². The SMILES string of the molecule is O=C(O)c1cn(-c2nc3ccccc3c(=O)[nH]2)cn1. The topological polar surface area (TPSA) is 101 Å². The fourth-order valence-corrected chi connectivity index (χ4v) is 1.75. The molecule has 0 bridgehead atoms. The van der Waals surface area contributed by atoms with Crippen molar-refractivity contribution in [2.45, 2.75) is 0 Å². The number of hydrogen-bond acceptors (Lipinski definition) is 4. The lowest BCUT2D eigenvalue weighted by molar-refractivity contribution is 0.0691. The van der Waals surface area contributed by atoms with Crippen LogP contribution in [-0.2, 0) is 0 Å². The Kier molecular flexibility index (Phi) is 2.38. The van der Waals surface area contributed by atoms with E-state index in [0.717, 1.165) is 0 Å². The summed E-state index contributed by atoms with van der Waals surface area (Å²) >= 11 is 0. The highest BCUT2D eigenvalue weighted by molar-refractivity contribution is 5.85. The summed E-state index contributed by atoms with van der Waals surface area (Å²) < 4.78 is 1.36. The number of nitrogens with one attached hydrogen (secondary N) is 1. The number of aromatic nitrogens is 4. The average molecular weight is 256 g/mol. The monoisotopic (exact) mass is 256 g/mol. The highest BCUT2D eigenvalue weighted by atomic mass is 16.4. The van der Waals surface area contributed by atoms with Crippen molar-refractivity contribution >= 4 is 16.9 Å². The highest BCUT2D eigenvalue weighted by Gasteiger charge is 2.10. The first-order valence-corrected chi connectivity index (χ1v) is 5.42. The molecule has 19 heavy (non-hydrogen) atoms. The molecule has 0 saturated heterocycles. The number of imidazole rings is 1. The summed E-state index contributed by atoms with van der Waals surface area (Å²) in [5.74, 6) is -0.911. The number of nitrogens with zero attached hydrogens (tertiary/aromatic N) is 3. The zero-order chi connectivity index (χ0) is 13.4. The molecule has 1 aromatic carbocycles. The van der Waals surface area contributed by atoms with Crippen LogP contribution in [0.15, 0.2) is 41.6 Å². The van der Waals surface area contributed by atoms with Crippen LogP contribution in [0, 0.1) is 0 Å². The van der Waals surface area contributed by atoms with Crippen LogP contribution < -0.4 is 5.56 Å². The minimum atomic E-state index is -1.14. The summed E-state index contributed by atoms with van der Waals surface area (Å²) in [4.78, 5) is 33.2. The zero-order valence-corrected chi connectivity index (χ0v) is 9.57. The van der Waals surface area contributed by atoms with Gasteiger partial charge in [-0.25, -0.2) is 14.8 Å². The smallest absolute Gasteiger partial charge is 0.356 e. The first-order chi connectivity index (χ1) is 9.15. The van der Waals surface area contributed by atoms with E-state index in [4.69, 9.17) is 5.11 Å². The molecule has 0 atom stereocenters. The molecule has 0 amide bonds. The maximum absolute atomic E-state index is 11.9. The van der Waals surface area contributed by atoms with Crippen LogP contribution in [-0.4, -0.2) is 30.6 Å². The van der Waals surface area contributed by atoms with Gasteiger partial charge in [0.2, 0.25) is 5.95 Å². The standard InChI is InChI=1S/C12H8N4O3/c17-10-7-3-1-2-4-8(7)14-12(15-10)16-5-9(11(18)19)13-6-16/h1-6H,(H,18,19)(H,14,15,17). The summed E-state index contributed by atoms with van der Waals surface area (Å²) in [5, 5.41) is 9.28. The number of carbonyl (C=O) groups is 1. The van der Waals surface area contributed by atoms with Crippen molar-refractivity contribution in [3.8, 4) is 5.95 Å². The summed E-state index contributed by atoms with van der Waals surface area (Å²) in [6.45, 7) is 0. The number of H-pyrrole nitrogens is 1. The summed E-state index contributed by atoms with van der Waals surface area (Å²) in [6, 6.07) is 6.90. The van der Waals surface area contributed by atoms with Crippen LogP contribution in [0.3, 0.4) is 0 Å². The molecule has 3 rings (SSSR count). The van der Waals surface area contributed by atoms with Crippen LogP contribution in [0.4, 0.5) is 0 Å². The normalized spacial score (nSPS) is 10.7. The van der Waals surface area contributed by atoms with Gasteiger partial charge in [-0.05, 0) is 12.1 Å². The van der Waals surface area contributed by atoms with E-state index in [0.29, 0.717) is 10.9 Å². The third kappa shape index (κ3) is 1.86. The fraction of sp³-hybridized carbons (Fsp3) is 0. The quantitative estimate of drug-likeness (QED) is 0.706. The first-order valence-electron chi connectivity index (χ1n) is 5.42. The van der Waals surface area contributed by atoms with Gasteiger partial charge in [0.1, 0.15) is 6.33 Å². The Morgan fingerprint density at radius 2 is 2.11 bits per heavy atom. The molecule has 0 radical (unpaired) electrons. The molecular weight excluding hydrogens is 248 g/mol. The van der Waals surface area contributed by atoms with E-state index in [1.165, 1.54) is 17.1 Å². The lowest BCUT2D eigenvalue weighted by atomic mass is 10.2. The molecule has 2 aromatic heterocycles. The molecule has 7 heteroatoms. The number of aromatic carboxylic acids is 1. The largest absolute Gasteiger partial charge is 0.476 e. The van der Waals surface area contributed by atoms with Gasteiger partial charge >= 0.3 is 5.97 Å². The molecule has 3 aromatic rings. The van der Waals surface area contributed by atoms with Gasteiger partial charge in [0.25, 0.3) is 5.56 Å². The number of carboxylic acid groups (broad SMARTS) is 1. The molecule has 0 aliphatic carbocycles. The van der Waals surface area contributed by atoms with E-state index in [9.17, 15) is 9.59 Å². The molecular formula is C12H8N4O3. The second-order valence-electron chi connectivity index (χ2n) is 3.88. The van der Waals surface area contributed by atoms with E-state index >= 15 is 0 Å². The fourth-order valence-electron chi connectivity index (χ4n) is 1.75. The summed E-state index contributed by atoms with van der Waals surface area (Å²) in [5.41, 5.74) is 0.133. The van der Waals surface area contributed by atoms with Gasteiger partial charge in [0.05, 0.1) is 10.9 Å². The maximum Gasteiger partial charge on any atom is 0.356 e. The molecule has 0 fully saturated rings. The number of carboxylic acids is 1. The number of hydrogen-bond donors (Lipinski definition) is 2. The van der Waals surface area contributed by atoms with Crippen LogP contribution in [0.5, 0.6) is 0 Å². The first kappa shape index (κ1) is 11.1. The number of benzene rings is 1. The highest BCUT2D eigenvalue weighted by Crippen LogP contribution is 2.08. The van der Waals surface area contributed by atoms with Crippen LogP contribution in [0.25, 0.3) is 16.9 Å². The third-order valence-electron chi connectivity index (χ3n) is 2.65. The molecule has 7 nitrogen and oxygen atoms in total. The minimum absolute atomic E-state index is 0.115. The molecule has 94 valence electrons. The molecule has 0 saturated carbocycles. The van der Waals surface area contributed by atoms with Gasteiger partial charge in [-0.2, -0.15) is 0 Å². The number of aromatic amines is 1.